The Hall–Kier alpha value is -0.350. The Balaban J connectivity index is 1.97. The van der Waals surface area contributed by atoms with E-state index in [4.69, 9.17) is 0 Å². The van der Waals surface area contributed by atoms with Crippen molar-refractivity contribution in [2.45, 2.75) is 45.6 Å². The molecule has 0 saturated heterocycles. The fourth-order valence-electron chi connectivity index (χ4n) is 2.43. The van der Waals surface area contributed by atoms with Gasteiger partial charge in [0.15, 0.2) is 0 Å². The zero-order valence-corrected chi connectivity index (χ0v) is 13.4. The Morgan fingerprint density at radius 3 is 2.89 bits per heavy atom. The van der Waals surface area contributed by atoms with E-state index in [0.717, 1.165) is 29.5 Å². The lowest BCUT2D eigenvalue weighted by Crippen LogP contribution is -2.36. The monoisotopic (exact) mass is 329 g/mol. The van der Waals surface area contributed by atoms with Crippen LogP contribution in [0.4, 0.5) is 0 Å². The highest BCUT2D eigenvalue weighted by molar-refractivity contribution is 9.09. The minimum atomic E-state index is 0.0968. The van der Waals surface area contributed by atoms with E-state index in [1.165, 1.54) is 16.9 Å². The molecule has 100 valence electrons. The largest absolute Gasteiger partial charge is 0.348 e. The molecule has 18 heavy (non-hydrogen) atoms. The summed E-state index contributed by atoms with van der Waals surface area (Å²) in [6.07, 6.45) is 4.57. The Morgan fingerprint density at radius 1 is 1.50 bits per heavy atom. The predicted molar refractivity (Wildman–Crippen MR) is 80.8 cm³/mol. The topological polar surface area (TPSA) is 29.1 Å². The van der Waals surface area contributed by atoms with Crippen LogP contribution in [0.1, 0.15) is 46.8 Å². The van der Waals surface area contributed by atoms with E-state index >= 15 is 0 Å². The molecule has 1 N–H and O–H groups in total. The summed E-state index contributed by atoms with van der Waals surface area (Å²) in [5.74, 6) is 0.695. The number of halogens is 1. The van der Waals surface area contributed by atoms with Gasteiger partial charge in [0.2, 0.25) is 0 Å². The number of nitrogens with one attached hydrogen (secondary N) is 1. The molecule has 0 saturated carbocycles. The summed E-state index contributed by atoms with van der Waals surface area (Å²) in [4.78, 5) is 14.5. The normalized spacial score (nSPS) is 15.8. The molecular weight excluding hydrogens is 310 g/mol. The average Bonchev–Trinajstić information content (AvgIpc) is 2.87. The fraction of sp³-hybridized carbons (Fsp3) is 0.643. The van der Waals surface area contributed by atoms with Gasteiger partial charge in [-0.2, -0.15) is 0 Å². The molecule has 0 aliphatic heterocycles. The van der Waals surface area contributed by atoms with Gasteiger partial charge in [-0.25, -0.2) is 0 Å². The number of hydrogen-bond donors (Lipinski definition) is 1. The third-order valence-electron chi connectivity index (χ3n) is 3.25. The third kappa shape index (κ3) is 3.35. The van der Waals surface area contributed by atoms with Crippen LogP contribution >= 0.6 is 27.3 Å². The van der Waals surface area contributed by atoms with Gasteiger partial charge in [-0.05, 0) is 43.2 Å². The zero-order valence-electron chi connectivity index (χ0n) is 11.0. The molecule has 0 radical (unpaired) electrons. The van der Waals surface area contributed by atoms with Gasteiger partial charge in [-0.1, -0.05) is 29.8 Å². The summed E-state index contributed by atoms with van der Waals surface area (Å²) in [6, 6.07) is 2.32. The number of fused-ring (bicyclic) bond motifs is 1. The van der Waals surface area contributed by atoms with E-state index in [1.807, 2.05) is 0 Å². The first-order valence-corrected chi connectivity index (χ1v) is 8.52. The molecule has 0 spiro atoms. The van der Waals surface area contributed by atoms with E-state index in [0.29, 0.717) is 5.92 Å². The summed E-state index contributed by atoms with van der Waals surface area (Å²) in [5, 5.41) is 3.95. The molecule has 2 nitrogen and oxygen atoms in total. The number of hydrogen-bond acceptors (Lipinski definition) is 2. The Morgan fingerprint density at radius 2 is 2.28 bits per heavy atom. The van der Waals surface area contributed by atoms with Crippen LogP contribution in [0.25, 0.3) is 0 Å². The molecule has 1 aromatic heterocycles. The Bertz CT molecular complexity index is 406. The van der Waals surface area contributed by atoms with E-state index < -0.39 is 0 Å². The molecule has 1 aliphatic carbocycles. The average molecular weight is 330 g/mol. The van der Waals surface area contributed by atoms with Gasteiger partial charge in [0.05, 0.1) is 4.88 Å². The Kier molecular flexibility index (Phi) is 4.84. The van der Waals surface area contributed by atoms with Crippen molar-refractivity contribution in [1.29, 1.82) is 0 Å². The zero-order chi connectivity index (χ0) is 13.1. The number of rotatable bonds is 5. The molecule has 1 aliphatic rings. The van der Waals surface area contributed by atoms with Crippen LogP contribution in [0.2, 0.25) is 0 Å². The molecule has 0 bridgehead atoms. The van der Waals surface area contributed by atoms with Crippen molar-refractivity contribution in [2.75, 3.05) is 5.33 Å². The van der Waals surface area contributed by atoms with Gasteiger partial charge in [-0.3, -0.25) is 4.79 Å². The molecule has 0 fully saturated rings. The van der Waals surface area contributed by atoms with Crippen molar-refractivity contribution in [1.82, 2.24) is 5.32 Å². The summed E-state index contributed by atoms with van der Waals surface area (Å²) in [7, 11) is 0. The summed E-state index contributed by atoms with van der Waals surface area (Å²) < 4.78 is 0. The predicted octanol–water partition coefficient (Wildman–Crippen LogP) is 3.78. The second-order valence-electron chi connectivity index (χ2n) is 5.37. The van der Waals surface area contributed by atoms with E-state index in [-0.39, 0.29) is 11.9 Å². The number of thiophene rings is 1. The van der Waals surface area contributed by atoms with Crippen LogP contribution in [0.3, 0.4) is 0 Å². The number of amides is 1. The van der Waals surface area contributed by atoms with E-state index in [9.17, 15) is 4.79 Å². The number of aryl methyl sites for hydroxylation is 2. The molecular formula is C14H20BrNOS. The second-order valence-corrected chi connectivity index (χ2v) is 7.15. The summed E-state index contributed by atoms with van der Waals surface area (Å²) in [5.41, 5.74) is 1.39. The van der Waals surface area contributed by atoms with Crippen molar-refractivity contribution >= 4 is 33.2 Å². The maximum absolute atomic E-state index is 12.2. The number of carbonyl (C=O) groups is 1. The first kappa shape index (κ1) is 14.1. The van der Waals surface area contributed by atoms with Crippen LogP contribution < -0.4 is 5.32 Å². The number of carbonyl (C=O) groups excluding carboxylic acids is 1. The Labute approximate surface area is 121 Å². The van der Waals surface area contributed by atoms with Crippen LogP contribution in [0.15, 0.2) is 6.07 Å². The first-order chi connectivity index (χ1) is 8.60. The molecule has 2 rings (SSSR count). The lowest BCUT2D eigenvalue weighted by atomic mass is 10.1. The van der Waals surface area contributed by atoms with E-state index in [1.54, 1.807) is 11.3 Å². The fourth-order valence-corrected chi connectivity index (χ4v) is 4.01. The smallest absolute Gasteiger partial charge is 0.261 e. The van der Waals surface area contributed by atoms with Crippen LogP contribution in [0, 0.1) is 5.92 Å². The maximum Gasteiger partial charge on any atom is 0.261 e. The lowest BCUT2D eigenvalue weighted by Gasteiger charge is -2.17. The standard InChI is InChI=1S/C14H20BrNOS/c1-9(2)6-11(8-15)16-14(17)13-7-10-4-3-5-12(10)18-13/h7,9,11H,3-6,8H2,1-2H3,(H,16,17). The van der Waals surface area contributed by atoms with Crippen LogP contribution in [0.5, 0.6) is 0 Å². The van der Waals surface area contributed by atoms with Crippen molar-refractivity contribution in [3.63, 3.8) is 0 Å². The van der Waals surface area contributed by atoms with Gasteiger partial charge < -0.3 is 5.32 Å². The van der Waals surface area contributed by atoms with Crippen molar-refractivity contribution in [2.24, 2.45) is 5.92 Å². The molecule has 1 unspecified atom stereocenters. The van der Waals surface area contributed by atoms with Gasteiger partial charge in [0.25, 0.3) is 5.91 Å². The van der Waals surface area contributed by atoms with Gasteiger partial charge in [-0.15, -0.1) is 11.3 Å². The molecule has 1 atom stereocenters. The summed E-state index contributed by atoms with van der Waals surface area (Å²) >= 11 is 5.15. The van der Waals surface area contributed by atoms with E-state index in [2.05, 4.69) is 41.2 Å². The summed E-state index contributed by atoms with van der Waals surface area (Å²) in [6.45, 7) is 4.36. The quantitative estimate of drug-likeness (QED) is 0.818. The van der Waals surface area contributed by atoms with Crippen LogP contribution in [-0.4, -0.2) is 17.3 Å². The van der Waals surface area contributed by atoms with Crippen molar-refractivity contribution in [3.8, 4) is 0 Å². The minimum absolute atomic E-state index is 0.0968. The van der Waals surface area contributed by atoms with Crippen LogP contribution in [-0.2, 0) is 12.8 Å². The molecule has 1 aromatic rings. The third-order valence-corrected chi connectivity index (χ3v) is 5.27. The first-order valence-electron chi connectivity index (χ1n) is 6.58. The highest BCUT2D eigenvalue weighted by Gasteiger charge is 2.20. The highest BCUT2D eigenvalue weighted by Crippen LogP contribution is 2.30. The molecule has 1 amide bonds. The maximum atomic E-state index is 12.2. The van der Waals surface area contributed by atoms with Crippen molar-refractivity contribution in [3.05, 3.63) is 21.4 Å². The highest BCUT2D eigenvalue weighted by atomic mass is 79.9. The van der Waals surface area contributed by atoms with Gasteiger partial charge in [0.1, 0.15) is 0 Å². The minimum Gasteiger partial charge on any atom is -0.348 e. The SMILES string of the molecule is CC(C)CC(CBr)NC(=O)c1cc2c(s1)CCC2. The lowest BCUT2D eigenvalue weighted by molar-refractivity contribution is 0.0941. The van der Waals surface area contributed by atoms with Crippen molar-refractivity contribution < 1.29 is 4.79 Å². The molecule has 4 heteroatoms. The molecule has 1 heterocycles. The number of alkyl halides is 1. The second kappa shape index (κ2) is 6.20. The molecule has 0 aromatic carbocycles. The van der Waals surface area contributed by atoms with Gasteiger partial charge in [0, 0.05) is 16.2 Å². The van der Waals surface area contributed by atoms with Gasteiger partial charge >= 0.3 is 0 Å².